The van der Waals surface area contributed by atoms with Crippen molar-refractivity contribution in [1.82, 2.24) is 20.6 Å². The van der Waals surface area contributed by atoms with Gasteiger partial charge in [0.1, 0.15) is 17.4 Å². The Morgan fingerprint density at radius 2 is 1.84 bits per heavy atom. The number of carbonyl (C=O) groups is 3. The van der Waals surface area contributed by atoms with Crippen molar-refractivity contribution in [2.45, 2.75) is 71.6 Å². The number of carbonyl (C=O) groups excluding carboxylic acids is 3. The first-order chi connectivity index (χ1) is 17.4. The number of fused-ring (bicyclic) bond motifs is 1. The molecular formula is C26H35N5O6. The molecule has 0 spiro atoms. The van der Waals surface area contributed by atoms with Crippen molar-refractivity contribution in [1.29, 1.82) is 0 Å². The summed E-state index contributed by atoms with van der Waals surface area (Å²) in [5.41, 5.74) is 2.43. The lowest BCUT2D eigenvalue weighted by Crippen LogP contribution is -2.50. The Morgan fingerprint density at radius 1 is 1.16 bits per heavy atom. The second-order valence-corrected chi connectivity index (χ2v) is 10.0. The molecule has 1 aromatic heterocycles. The summed E-state index contributed by atoms with van der Waals surface area (Å²) in [5, 5.41) is 18.6. The summed E-state index contributed by atoms with van der Waals surface area (Å²) < 4.78 is 9.95. The Bertz CT molecular complexity index is 1150. The number of aryl methyl sites for hydroxylation is 3. The number of alkyl carbamates (subject to hydrolysis) is 1. The zero-order chi connectivity index (χ0) is 27.3. The third-order valence-electron chi connectivity index (χ3n) is 5.93. The molecule has 2 unspecified atom stereocenters. The number of amides is 2. The van der Waals surface area contributed by atoms with Crippen LogP contribution in [0.2, 0.25) is 0 Å². The predicted molar refractivity (Wildman–Crippen MR) is 137 cm³/mol. The molecule has 2 aromatic rings. The number of aromatic hydroxyl groups is 1. The molecule has 1 heterocycles. The van der Waals surface area contributed by atoms with Crippen LogP contribution in [0, 0.1) is 13.8 Å². The smallest absolute Gasteiger partial charge is 0.407 e. The van der Waals surface area contributed by atoms with Gasteiger partial charge in [-0.25, -0.2) is 19.6 Å². The minimum Gasteiger partial charge on any atom is -0.508 e. The maximum atomic E-state index is 13.1. The number of anilines is 1. The number of phenols is 1. The Hall–Kier alpha value is -3.89. The minimum atomic E-state index is -1.14. The van der Waals surface area contributed by atoms with Crippen LogP contribution in [-0.2, 0) is 27.1 Å². The molecule has 2 atom stereocenters. The third-order valence-corrected chi connectivity index (χ3v) is 5.93. The SMILES string of the molecule is COC(=O)C(CNC(=O)OC(C)(C)C)NC(=O)c1c(C)nc(NC2CCc3cccc(O)c3C2)nc1C. The summed E-state index contributed by atoms with van der Waals surface area (Å²) in [4.78, 5) is 46.2. The van der Waals surface area contributed by atoms with E-state index in [4.69, 9.17) is 9.47 Å². The largest absolute Gasteiger partial charge is 0.508 e. The monoisotopic (exact) mass is 513 g/mol. The van der Waals surface area contributed by atoms with E-state index in [0.717, 1.165) is 24.0 Å². The van der Waals surface area contributed by atoms with Crippen LogP contribution >= 0.6 is 0 Å². The van der Waals surface area contributed by atoms with Crippen molar-refractivity contribution < 1.29 is 29.0 Å². The van der Waals surface area contributed by atoms with Gasteiger partial charge in [-0.1, -0.05) is 12.1 Å². The molecule has 200 valence electrons. The first kappa shape index (κ1) is 27.7. The number of nitrogens with one attached hydrogen (secondary N) is 3. The van der Waals surface area contributed by atoms with E-state index >= 15 is 0 Å². The van der Waals surface area contributed by atoms with Gasteiger partial charge in [-0.05, 0) is 71.1 Å². The normalized spacial score (nSPS) is 15.7. The van der Waals surface area contributed by atoms with E-state index in [2.05, 4.69) is 25.9 Å². The summed E-state index contributed by atoms with van der Waals surface area (Å²) in [7, 11) is 1.19. The van der Waals surface area contributed by atoms with Crippen LogP contribution in [0.15, 0.2) is 18.2 Å². The van der Waals surface area contributed by atoms with Crippen LogP contribution in [0.4, 0.5) is 10.7 Å². The van der Waals surface area contributed by atoms with Gasteiger partial charge in [0, 0.05) is 6.04 Å². The Morgan fingerprint density at radius 3 is 2.46 bits per heavy atom. The van der Waals surface area contributed by atoms with Crippen LogP contribution in [0.3, 0.4) is 0 Å². The molecule has 0 bridgehead atoms. The van der Waals surface area contributed by atoms with Crippen molar-refractivity contribution in [3.63, 3.8) is 0 Å². The van der Waals surface area contributed by atoms with Gasteiger partial charge in [0.25, 0.3) is 5.91 Å². The Balaban J connectivity index is 1.69. The highest BCUT2D eigenvalue weighted by molar-refractivity contribution is 5.98. The molecule has 3 rings (SSSR count). The summed E-state index contributed by atoms with van der Waals surface area (Å²) in [6, 6.07) is 4.44. The second-order valence-electron chi connectivity index (χ2n) is 10.0. The fraction of sp³-hybridized carbons (Fsp3) is 0.500. The van der Waals surface area contributed by atoms with Gasteiger partial charge >= 0.3 is 12.1 Å². The van der Waals surface area contributed by atoms with Crippen LogP contribution in [0.1, 0.15) is 60.1 Å². The van der Waals surface area contributed by atoms with E-state index in [-0.39, 0.29) is 23.9 Å². The van der Waals surface area contributed by atoms with Gasteiger partial charge in [-0.15, -0.1) is 0 Å². The molecule has 1 aliphatic rings. The number of hydrogen-bond acceptors (Lipinski definition) is 9. The van der Waals surface area contributed by atoms with Crippen LogP contribution < -0.4 is 16.0 Å². The number of rotatable bonds is 7. The number of hydrogen-bond donors (Lipinski definition) is 4. The van der Waals surface area contributed by atoms with Crippen molar-refractivity contribution in [2.75, 3.05) is 19.0 Å². The third kappa shape index (κ3) is 7.31. The van der Waals surface area contributed by atoms with E-state index in [1.807, 2.05) is 12.1 Å². The molecule has 1 aliphatic carbocycles. The van der Waals surface area contributed by atoms with Gasteiger partial charge in [0.15, 0.2) is 0 Å². The fourth-order valence-corrected chi connectivity index (χ4v) is 4.25. The minimum absolute atomic E-state index is 0.0295. The van der Waals surface area contributed by atoms with Crippen molar-refractivity contribution >= 4 is 23.9 Å². The molecule has 0 radical (unpaired) electrons. The van der Waals surface area contributed by atoms with E-state index in [9.17, 15) is 19.5 Å². The molecule has 0 aliphatic heterocycles. The van der Waals surface area contributed by atoms with Crippen LogP contribution in [0.25, 0.3) is 0 Å². The molecule has 2 amide bonds. The molecule has 11 nitrogen and oxygen atoms in total. The van der Waals surface area contributed by atoms with E-state index in [1.54, 1.807) is 40.7 Å². The lowest BCUT2D eigenvalue weighted by Gasteiger charge is -2.26. The van der Waals surface area contributed by atoms with Gasteiger partial charge in [-0.2, -0.15) is 0 Å². The lowest BCUT2D eigenvalue weighted by molar-refractivity contribution is -0.142. The maximum Gasteiger partial charge on any atom is 0.407 e. The number of benzene rings is 1. The highest BCUT2D eigenvalue weighted by atomic mass is 16.6. The maximum absolute atomic E-state index is 13.1. The lowest BCUT2D eigenvalue weighted by atomic mass is 9.88. The zero-order valence-electron chi connectivity index (χ0n) is 22.1. The van der Waals surface area contributed by atoms with Crippen molar-refractivity contribution in [2.24, 2.45) is 0 Å². The number of nitrogens with zero attached hydrogens (tertiary/aromatic N) is 2. The van der Waals surface area contributed by atoms with Crippen molar-refractivity contribution in [3.8, 4) is 5.75 Å². The summed E-state index contributed by atoms with van der Waals surface area (Å²) >= 11 is 0. The molecule has 0 fully saturated rings. The number of esters is 1. The standard InChI is InChI=1S/C26H35N5O6/c1-14-21(22(33)31-19(23(34)36-6)13-27-25(35)37-26(3,4)5)15(2)29-24(28-14)30-17-11-10-16-8-7-9-20(32)18(16)12-17/h7-9,17,19,32H,10-13H2,1-6H3,(H,27,35)(H,31,33)(H,28,29,30). The van der Waals surface area contributed by atoms with E-state index in [0.29, 0.717) is 23.8 Å². The quantitative estimate of drug-likeness (QED) is 0.409. The fourth-order valence-electron chi connectivity index (χ4n) is 4.25. The van der Waals surface area contributed by atoms with Crippen LogP contribution in [-0.4, -0.2) is 64.4 Å². The van der Waals surface area contributed by atoms with E-state index in [1.165, 1.54) is 7.11 Å². The number of ether oxygens (including phenoxy) is 2. The number of methoxy groups -OCH3 is 1. The van der Waals surface area contributed by atoms with Gasteiger partial charge in [0.05, 0.1) is 30.6 Å². The molecule has 4 N–H and O–H groups in total. The van der Waals surface area contributed by atoms with Gasteiger partial charge < -0.3 is 30.5 Å². The molecule has 0 saturated heterocycles. The second kappa shape index (κ2) is 11.4. The first-order valence-corrected chi connectivity index (χ1v) is 12.1. The number of aromatic nitrogens is 2. The van der Waals surface area contributed by atoms with E-state index < -0.39 is 29.6 Å². The highest BCUT2D eigenvalue weighted by Crippen LogP contribution is 2.29. The Labute approximate surface area is 216 Å². The molecule has 37 heavy (non-hydrogen) atoms. The summed E-state index contributed by atoms with van der Waals surface area (Å²) in [6.07, 6.45) is 1.59. The Kier molecular flexibility index (Phi) is 8.57. The number of phenolic OH excluding ortho intramolecular Hbond substituents is 1. The topological polar surface area (TPSA) is 152 Å². The molecule has 0 saturated carbocycles. The first-order valence-electron chi connectivity index (χ1n) is 12.1. The summed E-state index contributed by atoms with van der Waals surface area (Å²) in [5.74, 6) is -0.628. The van der Waals surface area contributed by atoms with Crippen LogP contribution in [0.5, 0.6) is 5.75 Å². The molecular weight excluding hydrogens is 478 g/mol. The molecule has 1 aromatic carbocycles. The molecule has 11 heteroatoms. The van der Waals surface area contributed by atoms with Gasteiger partial charge in [-0.3, -0.25) is 4.79 Å². The summed E-state index contributed by atoms with van der Waals surface area (Å²) in [6.45, 7) is 8.29. The highest BCUT2D eigenvalue weighted by Gasteiger charge is 2.27. The zero-order valence-corrected chi connectivity index (χ0v) is 22.1. The average Bonchev–Trinajstić information content (AvgIpc) is 2.80. The van der Waals surface area contributed by atoms with Gasteiger partial charge in [0.2, 0.25) is 5.95 Å². The van der Waals surface area contributed by atoms with Crippen molar-refractivity contribution in [3.05, 3.63) is 46.3 Å². The average molecular weight is 514 g/mol. The predicted octanol–water partition coefficient (Wildman–Crippen LogP) is 2.56.